The van der Waals surface area contributed by atoms with E-state index < -0.39 is 12.0 Å². The van der Waals surface area contributed by atoms with E-state index in [0.29, 0.717) is 6.42 Å². The third-order valence-corrected chi connectivity index (χ3v) is 1.78. The number of carbonyl (C=O) groups excluding carboxylic acids is 2. The van der Waals surface area contributed by atoms with Gasteiger partial charge >= 0.3 is 5.97 Å². The van der Waals surface area contributed by atoms with Crippen LogP contribution in [-0.4, -0.2) is 24.4 Å². The van der Waals surface area contributed by atoms with Gasteiger partial charge < -0.3 is 4.74 Å². The van der Waals surface area contributed by atoms with Crippen LogP contribution in [0.25, 0.3) is 0 Å². The molecule has 1 N–H and O–H groups in total. The number of ketones is 1. The maximum absolute atomic E-state index is 11.5. The first-order valence-electron chi connectivity index (χ1n) is 4.58. The molecule has 0 rings (SSSR count). The van der Waals surface area contributed by atoms with Gasteiger partial charge in [-0.1, -0.05) is 13.8 Å². The van der Waals surface area contributed by atoms with Crippen LogP contribution in [0.3, 0.4) is 0 Å². The summed E-state index contributed by atoms with van der Waals surface area (Å²) in [4.78, 5) is 24.8. The molecule has 0 spiro atoms. The molecule has 1 atom stereocenters. The topological polar surface area (TPSA) is 55.4 Å². The summed E-state index contributed by atoms with van der Waals surface area (Å²) < 4.78 is 4.69. The second-order valence-electron chi connectivity index (χ2n) is 3.36. The average molecular weight is 222 g/mol. The highest BCUT2D eigenvalue weighted by Crippen LogP contribution is 2.05. The number of esters is 1. The van der Waals surface area contributed by atoms with Gasteiger partial charge in [-0.2, -0.15) is 0 Å². The van der Waals surface area contributed by atoms with Crippen molar-refractivity contribution in [2.45, 2.75) is 33.2 Å². The summed E-state index contributed by atoms with van der Waals surface area (Å²) >= 11 is 5.30. The minimum absolute atomic E-state index is 0.199. The van der Waals surface area contributed by atoms with E-state index in [1.807, 2.05) is 13.8 Å². The van der Waals surface area contributed by atoms with E-state index in [1.54, 1.807) is 6.92 Å². The number of Topliss-reactive ketones (excluding diaryl/α,β-unsaturated/α-hetero) is 1. The molecule has 0 fully saturated rings. The molecular formula is C9H16ClNO3. The molecule has 0 aliphatic heterocycles. The molecule has 0 amide bonds. The van der Waals surface area contributed by atoms with Crippen molar-refractivity contribution in [3.63, 3.8) is 0 Å². The number of rotatable bonds is 6. The fraction of sp³-hybridized carbons (Fsp3) is 0.778. The summed E-state index contributed by atoms with van der Waals surface area (Å²) in [6.45, 7) is 5.71. The first kappa shape index (κ1) is 13.4. The van der Waals surface area contributed by atoms with Gasteiger partial charge in [0.1, 0.15) is 0 Å². The number of ether oxygens (including phenoxy) is 1. The van der Waals surface area contributed by atoms with Crippen LogP contribution in [0, 0.1) is 5.92 Å². The maximum Gasteiger partial charge on any atom is 0.332 e. The van der Waals surface area contributed by atoms with Crippen molar-refractivity contribution in [3.8, 4) is 0 Å². The molecule has 1 unspecified atom stereocenters. The van der Waals surface area contributed by atoms with E-state index in [-0.39, 0.29) is 18.3 Å². The van der Waals surface area contributed by atoms with Crippen molar-refractivity contribution in [3.05, 3.63) is 0 Å². The highest BCUT2D eigenvalue weighted by molar-refractivity contribution is 6.18. The third kappa shape index (κ3) is 4.58. The third-order valence-electron chi connectivity index (χ3n) is 1.56. The Morgan fingerprint density at radius 1 is 1.43 bits per heavy atom. The Balaban J connectivity index is 4.25. The zero-order valence-corrected chi connectivity index (χ0v) is 9.43. The van der Waals surface area contributed by atoms with E-state index in [2.05, 4.69) is 4.84 Å². The van der Waals surface area contributed by atoms with Crippen molar-refractivity contribution < 1.29 is 14.3 Å². The van der Waals surface area contributed by atoms with Crippen LogP contribution in [0.5, 0.6) is 0 Å². The predicted octanol–water partition coefficient (Wildman–Crippen LogP) is 1.28. The van der Waals surface area contributed by atoms with Gasteiger partial charge in [-0.25, -0.2) is 9.63 Å². The summed E-state index contributed by atoms with van der Waals surface area (Å²) in [6, 6.07) is -1.04. The van der Waals surface area contributed by atoms with Crippen molar-refractivity contribution in [1.29, 1.82) is 0 Å². The highest BCUT2D eigenvalue weighted by Gasteiger charge is 2.26. The van der Waals surface area contributed by atoms with Gasteiger partial charge in [0.05, 0.1) is 6.61 Å². The smallest absolute Gasteiger partial charge is 0.332 e. The van der Waals surface area contributed by atoms with E-state index in [9.17, 15) is 9.59 Å². The van der Waals surface area contributed by atoms with E-state index in [1.165, 1.54) is 0 Å². The Morgan fingerprint density at radius 2 is 2.00 bits per heavy atom. The van der Waals surface area contributed by atoms with Gasteiger partial charge in [-0.15, -0.1) is 0 Å². The molecule has 0 aromatic heterocycles. The fourth-order valence-electron chi connectivity index (χ4n) is 0.983. The van der Waals surface area contributed by atoms with Gasteiger partial charge in [0.2, 0.25) is 0 Å². The Morgan fingerprint density at radius 3 is 2.36 bits per heavy atom. The first-order valence-corrected chi connectivity index (χ1v) is 4.96. The van der Waals surface area contributed by atoms with E-state index in [0.717, 1.165) is 0 Å². The molecule has 0 aliphatic rings. The summed E-state index contributed by atoms with van der Waals surface area (Å²) in [7, 11) is 0. The minimum Gasteiger partial charge on any atom is -0.464 e. The average Bonchev–Trinajstić information content (AvgIpc) is 2.04. The van der Waals surface area contributed by atoms with Crippen molar-refractivity contribution in [2.75, 3.05) is 6.61 Å². The van der Waals surface area contributed by atoms with Crippen LogP contribution in [0.1, 0.15) is 27.2 Å². The lowest BCUT2D eigenvalue weighted by Crippen LogP contribution is -2.40. The van der Waals surface area contributed by atoms with Gasteiger partial charge in [0.15, 0.2) is 11.8 Å². The molecule has 82 valence electrons. The Labute approximate surface area is 89.1 Å². The summed E-state index contributed by atoms with van der Waals surface area (Å²) in [5, 5.41) is 0. The van der Waals surface area contributed by atoms with E-state index in [4.69, 9.17) is 16.5 Å². The SMILES string of the molecule is CCOC(=O)C(NCl)C(=O)CC(C)C. The molecule has 0 saturated heterocycles. The Kier molecular flexibility index (Phi) is 6.49. The van der Waals surface area contributed by atoms with Crippen LogP contribution in [0.4, 0.5) is 0 Å². The number of hydrogen-bond acceptors (Lipinski definition) is 4. The van der Waals surface area contributed by atoms with E-state index >= 15 is 0 Å². The molecule has 0 heterocycles. The second kappa shape index (κ2) is 6.79. The van der Waals surface area contributed by atoms with Crippen LogP contribution in [-0.2, 0) is 14.3 Å². The molecule has 0 bridgehead atoms. The molecule has 0 radical (unpaired) electrons. The Bertz CT molecular complexity index is 206. The molecule has 0 aromatic rings. The van der Waals surface area contributed by atoms with Crippen molar-refractivity contribution >= 4 is 23.5 Å². The normalized spacial score (nSPS) is 12.6. The van der Waals surface area contributed by atoms with Crippen LogP contribution < -0.4 is 4.84 Å². The summed E-state index contributed by atoms with van der Waals surface area (Å²) in [5.74, 6) is -0.661. The monoisotopic (exact) mass is 221 g/mol. The first-order chi connectivity index (χ1) is 6.52. The van der Waals surface area contributed by atoms with Crippen LogP contribution >= 0.6 is 11.8 Å². The molecule has 14 heavy (non-hydrogen) atoms. The minimum atomic E-state index is -1.04. The molecule has 0 saturated carbocycles. The molecule has 5 heteroatoms. The summed E-state index contributed by atoms with van der Waals surface area (Å²) in [6.07, 6.45) is 0.309. The van der Waals surface area contributed by atoms with Crippen molar-refractivity contribution in [2.24, 2.45) is 5.92 Å². The highest BCUT2D eigenvalue weighted by atomic mass is 35.5. The molecule has 0 aliphatic carbocycles. The largest absolute Gasteiger partial charge is 0.464 e. The van der Waals surface area contributed by atoms with Crippen LogP contribution in [0.2, 0.25) is 0 Å². The zero-order chi connectivity index (χ0) is 11.1. The van der Waals surface area contributed by atoms with Gasteiger partial charge in [0, 0.05) is 6.42 Å². The predicted molar refractivity (Wildman–Crippen MR) is 53.9 cm³/mol. The lowest BCUT2D eigenvalue weighted by Gasteiger charge is -2.13. The van der Waals surface area contributed by atoms with Gasteiger partial charge in [-0.3, -0.25) is 4.79 Å². The number of carbonyl (C=O) groups is 2. The lowest BCUT2D eigenvalue weighted by atomic mass is 10.0. The summed E-state index contributed by atoms with van der Waals surface area (Å²) in [5.41, 5.74) is 0. The van der Waals surface area contributed by atoms with Crippen LogP contribution in [0.15, 0.2) is 0 Å². The van der Waals surface area contributed by atoms with Gasteiger partial charge in [-0.05, 0) is 24.6 Å². The quantitative estimate of drug-likeness (QED) is 0.417. The standard InChI is InChI=1S/C9H16ClNO3/c1-4-14-9(13)8(11-10)7(12)5-6(2)3/h6,8,11H,4-5H2,1-3H3. The van der Waals surface area contributed by atoms with Crippen molar-refractivity contribution in [1.82, 2.24) is 4.84 Å². The number of halogens is 1. The molecular weight excluding hydrogens is 206 g/mol. The lowest BCUT2D eigenvalue weighted by molar-refractivity contribution is -0.148. The second-order valence-corrected chi connectivity index (χ2v) is 3.58. The number of hydrogen-bond donors (Lipinski definition) is 1. The maximum atomic E-state index is 11.5. The van der Waals surface area contributed by atoms with Gasteiger partial charge in [0.25, 0.3) is 0 Å². The zero-order valence-electron chi connectivity index (χ0n) is 8.67. The molecule has 0 aromatic carbocycles. The Hall–Kier alpha value is -0.610. The molecule has 4 nitrogen and oxygen atoms in total. The number of nitrogens with one attached hydrogen (secondary N) is 1. The fourth-order valence-corrected chi connectivity index (χ4v) is 1.19.